The molecule has 9 heteroatoms. The lowest BCUT2D eigenvalue weighted by atomic mass is 10.0. The van der Waals surface area contributed by atoms with Crippen LogP contribution in [-0.4, -0.2) is 25.3 Å². The van der Waals surface area contributed by atoms with Gasteiger partial charge in [-0.05, 0) is 62.1 Å². The molecule has 1 fully saturated rings. The molecule has 0 unspecified atom stereocenters. The van der Waals surface area contributed by atoms with Crippen LogP contribution in [0.1, 0.15) is 60.1 Å². The predicted octanol–water partition coefficient (Wildman–Crippen LogP) is 5.31. The largest absolute Gasteiger partial charge is 0.380 e. The molecule has 36 heavy (non-hydrogen) atoms. The van der Waals surface area contributed by atoms with E-state index in [0.29, 0.717) is 34.9 Å². The minimum Gasteiger partial charge on any atom is -0.380 e. The number of rotatable bonds is 7. The van der Waals surface area contributed by atoms with Crippen molar-refractivity contribution in [2.75, 3.05) is 10.6 Å². The summed E-state index contributed by atoms with van der Waals surface area (Å²) in [5.41, 5.74) is 2.84. The number of aromatic nitrogens is 4. The molecule has 8 nitrogen and oxygen atoms in total. The van der Waals surface area contributed by atoms with Crippen molar-refractivity contribution in [1.82, 2.24) is 19.5 Å². The molecule has 0 aliphatic heterocycles. The monoisotopic (exact) mass is 486 g/mol. The fourth-order valence-electron chi connectivity index (χ4n) is 4.80. The third-order valence-electron chi connectivity index (χ3n) is 6.66. The van der Waals surface area contributed by atoms with Crippen molar-refractivity contribution in [3.63, 3.8) is 0 Å². The second kappa shape index (κ2) is 9.85. The Hall–Kier alpha value is -4.14. The molecular formula is C27H27FN6O2. The van der Waals surface area contributed by atoms with Gasteiger partial charge >= 0.3 is 0 Å². The Kier molecular flexibility index (Phi) is 6.45. The topological polar surface area (TPSA) is 102 Å². The maximum absolute atomic E-state index is 13.3. The maximum Gasteiger partial charge on any atom is 0.263 e. The van der Waals surface area contributed by atoms with Crippen LogP contribution in [0.5, 0.6) is 0 Å². The highest BCUT2D eigenvalue weighted by molar-refractivity contribution is 5.99. The van der Waals surface area contributed by atoms with Gasteiger partial charge in [0.1, 0.15) is 17.3 Å². The number of Topliss-reactive ketones (excluding diaryl/α,β-unsaturated/α-hetero) is 1. The summed E-state index contributed by atoms with van der Waals surface area (Å²) in [4.78, 5) is 39.2. The van der Waals surface area contributed by atoms with Crippen LogP contribution < -0.4 is 16.2 Å². The number of hydrogen-bond acceptors (Lipinski definition) is 7. The van der Waals surface area contributed by atoms with Gasteiger partial charge < -0.3 is 10.6 Å². The van der Waals surface area contributed by atoms with Crippen molar-refractivity contribution < 1.29 is 9.18 Å². The second-order valence-electron chi connectivity index (χ2n) is 9.14. The SMILES string of the molecule is CC(=O)c1c(C)c2cnc(Nc3ccc(NCc4ccc(F)cc4)cn3)nc2n(C2CCCC2)c1=O. The standard InChI is InChI=1S/C27H27FN6O2/c1-16-22-15-31-27(33-25(22)34(21-5-3-4-6-21)26(36)24(16)17(2)35)32-23-12-11-20(14-30-23)29-13-18-7-9-19(28)10-8-18/h7-12,14-15,21,29H,3-6,13H2,1-2H3,(H,30,31,32,33). The van der Waals surface area contributed by atoms with Crippen LogP contribution >= 0.6 is 0 Å². The van der Waals surface area contributed by atoms with E-state index in [1.165, 1.54) is 19.1 Å². The summed E-state index contributed by atoms with van der Waals surface area (Å²) >= 11 is 0. The number of carbonyl (C=O) groups is 1. The minimum atomic E-state index is -0.279. The van der Waals surface area contributed by atoms with E-state index < -0.39 is 0 Å². The predicted molar refractivity (Wildman–Crippen MR) is 137 cm³/mol. The normalized spacial score (nSPS) is 13.8. The van der Waals surface area contributed by atoms with Crippen molar-refractivity contribution in [3.8, 4) is 0 Å². The zero-order chi connectivity index (χ0) is 25.2. The highest BCUT2D eigenvalue weighted by Crippen LogP contribution is 2.32. The van der Waals surface area contributed by atoms with Crippen LogP contribution in [0.25, 0.3) is 11.0 Å². The fourth-order valence-corrected chi connectivity index (χ4v) is 4.80. The van der Waals surface area contributed by atoms with E-state index in [1.54, 1.807) is 42.1 Å². The van der Waals surface area contributed by atoms with Crippen molar-refractivity contribution in [3.05, 3.63) is 81.7 Å². The number of nitrogens with one attached hydrogen (secondary N) is 2. The number of halogens is 1. The first kappa shape index (κ1) is 23.6. The molecule has 0 saturated heterocycles. The fraction of sp³-hybridized carbons (Fsp3) is 0.296. The minimum absolute atomic E-state index is 0.0195. The molecule has 184 valence electrons. The summed E-state index contributed by atoms with van der Waals surface area (Å²) in [5, 5.41) is 7.06. The summed E-state index contributed by atoms with van der Waals surface area (Å²) in [6, 6.07) is 10.0. The quantitative estimate of drug-likeness (QED) is 0.342. The Labute approximate surface area is 207 Å². The average molecular weight is 487 g/mol. The van der Waals surface area contributed by atoms with Crippen molar-refractivity contribution in [2.45, 2.75) is 52.1 Å². The molecule has 1 aliphatic carbocycles. The highest BCUT2D eigenvalue weighted by atomic mass is 19.1. The van der Waals surface area contributed by atoms with E-state index in [9.17, 15) is 14.0 Å². The van der Waals surface area contributed by atoms with E-state index in [4.69, 9.17) is 0 Å². The molecule has 5 rings (SSSR count). The Balaban J connectivity index is 1.41. The van der Waals surface area contributed by atoms with E-state index in [2.05, 4.69) is 25.6 Å². The van der Waals surface area contributed by atoms with Crippen LogP contribution in [0.2, 0.25) is 0 Å². The Morgan fingerprint density at radius 1 is 1.08 bits per heavy atom. The lowest BCUT2D eigenvalue weighted by Gasteiger charge is -2.19. The van der Waals surface area contributed by atoms with Crippen molar-refractivity contribution in [1.29, 1.82) is 0 Å². The van der Waals surface area contributed by atoms with Crippen molar-refractivity contribution >= 4 is 34.3 Å². The smallest absolute Gasteiger partial charge is 0.263 e. The number of anilines is 3. The molecule has 0 amide bonds. The van der Waals surface area contributed by atoms with Gasteiger partial charge in [0.15, 0.2) is 5.78 Å². The first-order chi connectivity index (χ1) is 17.4. The van der Waals surface area contributed by atoms with Crippen molar-refractivity contribution in [2.24, 2.45) is 0 Å². The number of ketones is 1. The first-order valence-corrected chi connectivity index (χ1v) is 12.0. The molecule has 0 bridgehead atoms. The third-order valence-corrected chi connectivity index (χ3v) is 6.66. The van der Waals surface area contributed by atoms with Gasteiger partial charge in [-0.3, -0.25) is 14.2 Å². The maximum atomic E-state index is 13.3. The Bertz CT molecular complexity index is 1480. The Morgan fingerprint density at radius 2 is 1.83 bits per heavy atom. The molecule has 0 spiro atoms. The van der Waals surface area contributed by atoms with Gasteiger partial charge in [-0.2, -0.15) is 4.98 Å². The van der Waals surface area contributed by atoms with E-state index >= 15 is 0 Å². The highest BCUT2D eigenvalue weighted by Gasteiger charge is 2.25. The molecule has 0 atom stereocenters. The van der Waals surface area contributed by atoms with Gasteiger partial charge in [-0.1, -0.05) is 25.0 Å². The number of pyridine rings is 2. The Morgan fingerprint density at radius 3 is 2.50 bits per heavy atom. The summed E-state index contributed by atoms with van der Waals surface area (Å²) in [5.74, 6) is 0.365. The number of hydrogen-bond donors (Lipinski definition) is 2. The van der Waals surface area contributed by atoms with Crippen LogP contribution in [0.4, 0.5) is 21.8 Å². The lowest BCUT2D eigenvalue weighted by molar-refractivity contribution is 0.101. The van der Waals surface area contributed by atoms with Gasteiger partial charge in [0, 0.05) is 24.2 Å². The van der Waals surface area contributed by atoms with Gasteiger partial charge in [0.05, 0.1) is 17.4 Å². The number of aryl methyl sites for hydroxylation is 1. The zero-order valence-corrected chi connectivity index (χ0v) is 20.2. The molecule has 3 heterocycles. The molecule has 2 N–H and O–H groups in total. The molecular weight excluding hydrogens is 459 g/mol. The number of carbonyl (C=O) groups excluding carboxylic acids is 1. The first-order valence-electron chi connectivity index (χ1n) is 12.0. The molecule has 4 aromatic rings. The lowest BCUT2D eigenvalue weighted by Crippen LogP contribution is -2.30. The molecule has 1 aliphatic rings. The third kappa shape index (κ3) is 4.68. The molecule has 1 aromatic carbocycles. The molecule has 0 radical (unpaired) electrons. The summed E-state index contributed by atoms with van der Waals surface area (Å²) in [6.07, 6.45) is 7.21. The number of benzene rings is 1. The zero-order valence-electron chi connectivity index (χ0n) is 20.2. The van der Waals surface area contributed by atoms with E-state index in [1.807, 2.05) is 6.07 Å². The van der Waals surface area contributed by atoms with E-state index in [0.717, 1.165) is 36.9 Å². The van der Waals surface area contributed by atoms with Gasteiger partial charge in [0.25, 0.3) is 5.56 Å². The van der Waals surface area contributed by atoms with Gasteiger partial charge in [-0.15, -0.1) is 0 Å². The average Bonchev–Trinajstić information content (AvgIpc) is 3.39. The van der Waals surface area contributed by atoms with Gasteiger partial charge in [0.2, 0.25) is 5.95 Å². The molecule has 1 saturated carbocycles. The van der Waals surface area contributed by atoms with Crippen LogP contribution in [0.3, 0.4) is 0 Å². The van der Waals surface area contributed by atoms with Crippen LogP contribution in [-0.2, 0) is 6.54 Å². The summed E-state index contributed by atoms with van der Waals surface area (Å²) in [6.45, 7) is 3.74. The summed E-state index contributed by atoms with van der Waals surface area (Å²) in [7, 11) is 0. The number of fused-ring (bicyclic) bond motifs is 1. The van der Waals surface area contributed by atoms with E-state index in [-0.39, 0.29) is 28.8 Å². The van der Waals surface area contributed by atoms with Gasteiger partial charge in [-0.25, -0.2) is 14.4 Å². The van der Waals surface area contributed by atoms with Crippen LogP contribution in [0.15, 0.2) is 53.6 Å². The van der Waals surface area contributed by atoms with Crippen LogP contribution in [0, 0.1) is 12.7 Å². The summed E-state index contributed by atoms with van der Waals surface area (Å²) < 4.78 is 14.8. The second-order valence-corrected chi connectivity index (χ2v) is 9.14. The molecule has 3 aromatic heterocycles. The number of nitrogens with zero attached hydrogens (tertiary/aromatic N) is 4.